The third-order valence-electron chi connectivity index (χ3n) is 3.92. The van der Waals surface area contributed by atoms with Gasteiger partial charge in [0, 0.05) is 12.0 Å². The van der Waals surface area contributed by atoms with E-state index in [9.17, 15) is 4.39 Å². The first-order chi connectivity index (χ1) is 10.2. The van der Waals surface area contributed by atoms with E-state index in [0.29, 0.717) is 5.92 Å². The van der Waals surface area contributed by atoms with Gasteiger partial charge in [-0.15, -0.1) is 0 Å². The largest absolute Gasteiger partial charge is 0.494 e. The molecule has 0 aromatic heterocycles. The molecule has 0 aliphatic carbocycles. The molecule has 0 spiro atoms. The minimum Gasteiger partial charge on any atom is -0.494 e. The topological polar surface area (TPSA) is 21.3 Å². The van der Waals surface area contributed by atoms with Crippen molar-refractivity contribution in [2.24, 2.45) is 0 Å². The van der Waals surface area contributed by atoms with Crippen LogP contribution in [0.1, 0.15) is 36.4 Å². The second-order valence-electron chi connectivity index (χ2n) is 5.09. The van der Waals surface area contributed by atoms with Crippen molar-refractivity contribution in [3.05, 3.63) is 65.5 Å². The molecular formula is C18H22FNO. The van der Waals surface area contributed by atoms with Crippen molar-refractivity contribution in [3.63, 3.8) is 0 Å². The van der Waals surface area contributed by atoms with Crippen molar-refractivity contribution in [3.8, 4) is 5.75 Å². The Bertz CT molecular complexity index is 571. The first-order valence-electron chi connectivity index (χ1n) is 7.26. The Hall–Kier alpha value is -1.87. The van der Waals surface area contributed by atoms with Crippen molar-refractivity contribution in [1.82, 2.24) is 5.32 Å². The summed E-state index contributed by atoms with van der Waals surface area (Å²) in [4.78, 5) is 0. The summed E-state index contributed by atoms with van der Waals surface area (Å²) in [5, 5.41) is 3.33. The summed E-state index contributed by atoms with van der Waals surface area (Å²) in [5.74, 6) is 0.253. The van der Waals surface area contributed by atoms with Gasteiger partial charge in [-0.2, -0.15) is 0 Å². The molecule has 0 amide bonds. The number of likely N-dealkylation sites (N-methyl/N-ethyl adjacent to an activating group) is 1. The highest BCUT2D eigenvalue weighted by atomic mass is 19.1. The van der Waals surface area contributed by atoms with Crippen molar-refractivity contribution in [1.29, 1.82) is 0 Å². The van der Waals surface area contributed by atoms with Crippen LogP contribution < -0.4 is 10.1 Å². The average Bonchev–Trinajstić information content (AvgIpc) is 2.53. The number of nitrogens with one attached hydrogen (secondary N) is 1. The van der Waals surface area contributed by atoms with Crippen molar-refractivity contribution < 1.29 is 9.13 Å². The molecule has 112 valence electrons. The molecule has 2 aromatic carbocycles. The zero-order valence-electron chi connectivity index (χ0n) is 12.8. The van der Waals surface area contributed by atoms with Gasteiger partial charge in [0.15, 0.2) is 11.6 Å². The van der Waals surface area contributed by atoms with Gasteiger partial charge in [-0.1, -0.05) is 43.3 Å². The van der Waals surface area contributed by atoms with Crippen LogP contribution in [0.5, 0.6) is 5.75 Å². The Balaban J connectivity index is 2.35. The van der Waals surface area contributed by atoms with Crippen LogP contribution in [0, 0.1) is 5.82 Å². The van der Waals surface area contributed by atoms with Gasteiger partial charge in [-0.05, 0) is 36.7 Å². The molecule has 21 heavy (non-hydrogen) atoms. The normalized spacial score (nSPS) is 13.7. The van der Waals surface area contributed by atoms with Gasteiger partial charge in [-0.25, -0.2) is 4.39 Å². The molecule has 0 bridgehead atoms. The van der Waals surface area contributed by atoms with Gasteiger partial charge in [-0.3, -0.25) is 0 Å². The van der Waals surface area contributed by atoms with Crippen LogP contribution >= 0.6 is 0 Å². The number of methoxy groups -OCH3 is 1. The molecule has 1 N–H and O–H groups in total. The van der Waals surface area contributed by atoms with E-state index in [1.165, 1.54) is 12.7 Å². The smallest absolute Gasteiger partial charge is 0.165 e. The highest BCUT2D eigenvalue weighted by molar-refractivity contribution is 5.34. The van der Waals surface area contributed by atoms with E-state index in [-0.39, 0.29) is 17.6 Å². The van der Waals surface area contributed by atoms with Gasteiger partial charge in [0.05, 0.1) is 7.11 Å². The molecule has 0 aliphatic rings. The number of rotatable bonds is 6. The third-order valence-corrected chi connectivity index (χ3v) is 3.92. The van der Waals surface area contributed by atoms with E-state index in [1.54, 1.807) is 12.1 Å². The van der Waals surface area contributed by atoms with E-state index in [4.69, 9.17) is 4.74 Å². The summed E-state index contributed by atoms with van der Waals surface area (Å²) >= 11 is 0. The standard InChI is InChI=1S/C18H22FNO/c1-4-15(13-8-6-5-7-9-13)18(20-2)14-10-11-17(21-3)16(19)12-14/h5-12,15,18,20H,4H2,1-3H3. The number of hydrogen-bond donors (Lipinski definition) is 1. The van der Waals surface area contributed by atoms with Gasteiger partial charge >= 0.3 is 0 Å². The van der Waals surface area contributed by atoms with Crippen LogP contribution in [-0.2, 0) is 0 Å². The molecule has 0 heterocycles. The van der Waals surface area contributed by atoms with Crippen molar-refractivity contribution >= 4 is 0 Å². The monoisotopic (exact) mass is 287 g/mol. The predicted molar refractivity (Wildman–Crippen MR) is 84.2 cm³/mol. The molecule has 2 rings (SSSR count). The molecule has 3 heteroatoms. The number of ether oxygens (including phenoxy) is 1. The van der Waals surface area contributed by atoms with Crippen LogP contribution in [0.15, 0.2) is 48.5 Å². The second kappa shape index (κ2) is 7.23. The molecule has 2 unspecified atom stereocenters. The summed E-state index contributed by atoms with van der Waals surface area (Å²) in [6, 6.07) is 15.6. The fraction of sp³-hybridized carbons (Fsp3) is 0.333. The summed E-state index contributed by atoms with van der Waals surface area (Å²) in [5.41, 5.74) is 2.20. The van der Waals surface area contributed by atoms with E-state index in [2.05, 4.69) is 24.4 Å². The van der Waals surface area contributed by atoms with Crippen LogP contribution in [0.3, 0.4) is 0 Å². The molecular weight excluding hydrogens is 265 g/mol. The Labute approximate surface area is 126 Å². The van der Waals surface area contributed by atoms with Crippen molar-refractivity contribution in [2.45, 2.75) is 25.3 Å². The summed E-state index contributed by atoms with van der Waals surface area (Å²) in [6.45, 7) is 2.15. The molecule has 2 nitrogen and oxygen atoms in total. The molecule has 2 atom stereocenters. The number of hydrogen-bond acceptors (Lipinski definition) is 2. The van der Waals surface area contributed by atoms with Crippen LogP contribution in [0.25, 0.3) is 0 Å². The third kappa shape index (κ3) is 3.42. The summed E-state index contributed by atoms with van der Waals surface area (Å²) in [6.07, 6.45) is 0.975. The first kappa shape index (κ1) is 15.5. The molecule has 0 aliphatic heterocycles. The lowest BCUT2D eigenvalue weighted by Crippen LogP contribution is -2.23. The number of halogens is 1. The maximum Gasteiger partial charge on any atom is 0.165 e. The second-order valence-corrected chi connectivity index (χ2v) is 5.09. The molecule has 0 fully saturated rings. The minimum absolute atomic E-state index is 0.0674. The summed E-state index contributed by atoms with van der Waals surface area (Å²) in [7, 11) is 3.39. The van der Waals surface area contributed by atoms with Crippen LogP contribution in [-0.4, -0.2) is 14.2 Å². The molecule has 0 saturated carbocycles. The minimum atomic E-state index is -0.321. The Morgan fingerprint density at radius 3 is 2.33 bits per heavy atom. The Kier molecular flexibility index (Phi) is 5.34. The Morgan fingerprint density at radius 2 is 1.81 bits per heavy atom. The first-order valence-corrected chi connectivity index (χ1v) is 7.26. The zero-order valence-corrected chi connectivity index (χ0v) is 12.8. The van der Waals surface area contributed by atoms with E-state index in [1.807, 2.05) is 31.3 Å². The highest BCUT2D eigenvalue weighted by Crippen LogP contribution is 2.34. The number of benzene rings is 2. The fourth-order valence-corrected chi connectivity index (χ4v) is 2.84. The lowest BCUT2D eigenvalue weighted by atomic mass is 9.85. The molecule has 0 saturated heterocycles. The lowest BCUT2D eigenvalue weighted by Gasteiger charge is -2.27. The van der Waals surface area contributed by atoms with Gasteiger partial charge < -0.3 is 10.1 Å². The van der Waals surface area contributed by atoms with Gasteiger partial charge in [0.1, 0.15) is 0 Å². The van der Waals surface area contributed by atoms with Crippen LogP contribution in [0.2, 0.25) is 0 Å². The quantitative estimate of drug-likeness (QED) is 0.856. The molecule has 0 radical (unpaired) electrons. The zero-order chi connectivity index (χ0) is 15.2. The average molecular weight is 287 g/mol. The lowest BCUT2D eigenvalue weighted by molar-refractivity contribution is 0.384. The SMILES string of the molecule is CCC(c1ccccc1)C(NC)c1ccc(OC)c(F)c1. The van der Waals surface area contributed by atoms with Crippen molar-refractivity contribution in [2.75, 3.05) is 14.2 Å². The van der Waals surface area contributed by atoms with Gasteiger partial charge in [0.2, 0.25) is 0 Å². The van der Waals surface area contributed by atoms with E-state index in [0.717, 1.165) is 12.0 Å². The highest BCUT2D eigenvalue weighted by Gasteiger charge is 2.22. The van der Waals surface area contributed by atoms with E-state index < -0.39 is 0 Å². The Morgan fingerprint density at radius 1 is 1.10 bits per heavy atom. The van der Waals surface area contributed by atoms with Crippen LogP contribution in [0.4, 0.5) is 4.39 Å². The van der Waals surface area contributed by atoms with Gasteiger partial charge in [0.25, 0.3) is 0 Å². The maximum atomic E-state index is 14.0. The maximum absolute atomic E-state index is 14.0. The molecule has 2 aromatic rings. The fourth-order valence-electron chi connectivity index (χ4n) is 2.84. The summed E-state index contributed by atoms with van der Waals surface area (Å²) < 4.78 is 19.0. The predicted octanol–water partition coefficient (Wildman–Crippen LogP) is 4.29. The van der Waals surface area contributed by atoms with E-state index >= 15 is 0 Å².